The van der Waals surface area contributed by atoms with E-state index in [1.54, 1.807) is 18.2 Å². The standard InChI is InChI=1S/C32H35F6NO2/c1-20(2)13-14-39(19-22-5-9-26(10-6-22)31(33,34)35)28-17-24(23-7-11-27(12-8-23)32(36,37)38)16-25(18-28)29(30(40)41)15-21(3)4/h5-12,16-18,20-21,29H,13-15,19H2,1-4H3,(H,40,41). The highest BCUT2D eigenvalue weighted by Crippen LogP contribution is 2.36. The van der Waals surface area contributed by atoms with E-state index in [1.165, 1.54) is 24.3 Å². The summed E-state index contributed by atoms with van der Waals surface area (Å²) in [6.07, 6.45) is -7.83. The number of anilines is 1. The molecule has 3 aromatic rings. The molecule has 1 N–H and O–H groups in total. The second-order valence-electron chi connectivity index (χ2n) is 11.2. The molecule has 0 aliphatic heterocycles. The third-order valence-corrected chi connectivity index (χ3v) is 6.89. The summed E-state index contributed by atoms with van der Waals surface area (Å²) in [6.45, 7) is 8.72. The third kappa shape index (κ3) is 9.00. The van der Waals surface area contributed by atoms with E-state index in [9.17, 15) is 36.2 Å². The molecule has 0 saturated heterocycles. The van der Waals surface area contributed by atoms with Gasteiger partial charge in [-0.3, -0.25) is 4.79 Å². The van der Waals surface area contributed by atoms with Gasteiger partial charge in [0, 0.05) is 18.8 Å². The molecule has 0 heterocycles. The molecular formula is C32H35F6NO2. The van der Waals surface area contributed by atoms with Gasteiger partial charge in [0.2, 0.25) is 0 Å². The molecule has 0 aliphatic rings. The Morgan fingerprint density at radius 3 is 1.76 bits per heavy atom. The van der Waals surface area contributed by atoms with E-state index in [-0.39, 0.29) is 12.5 Å². The maximum atomic E-state index is 13.2. The van der Waals surface area contributed by atoms with Crippen LogP contribution in [0.5, 0.6) is 0 Å². The van der Waals surface area contributed by atoms with E-state index >= 15 is 0 Å². The van der Waals surface area contributed by atoms with Crippen LogP contribution in [0.2, 0.25) is 0 Å². The summed E-state index contributed by atoms with van der Waals surface area (Å²) in [5.41, 5.74) is 1.31. The van der Waals surface area contributed by atoms with Crippen LogP contribution in [0, 0.1) is 11.8 Å². The van der Waals surface area contributed by atoms with Crippen LogP contribution in [-0.2, 0) is 23.7 Å². The zero-order valence-electron chi connectivity index (χ0n) is 23.5. The van der Waals surface area contributed by atoms with E-state index in [2.05, 4.69) is 0 Å². The molecule has 0 radical (unpaired) electrons. The van der Waals surface area contributed by atoms with Gasteiger partial charge in [0.25, 0.3) is 0 Å². The lowest BCUT2D eigenvalue weighted by atomic mass is 9.88. The van der Waals surface area contributed by atoms with Crippen molar-refractivity contribution in [3.63, 3.8) is 0 Å². The lowest BCUT2D eigenvalue weighted by Crippen LogP contribution is -2.25. The number of hydrogen-bond donors (Lipinski definition) is 1. The molecule has 0 aromatic heterocycles. The van der Waals surface area contributed by atoms with Crippen molar-refractivity contribution >= 4 is 11.7 Å². The Balaban J connectivity index is 2.13. The molecule has 0 fully saturated rings. The first kappa shape index (κ1) is 32.0. The zero-order valence-corrected chi connectivity index (χ0v) is 23.5. The van der Waals surface area contributed by atoms with Gasteiger partial charge >= 0.3 is 18.3 Å². The smallest absolute Gasteiger partial charge is 0.416 e. The number of carboxylic acids is 1. The second kappa shape index (κ2) is 13.0. The maximum Gasteiger partial charge on any atom is 0.416 e. The molecule has 0 spiro atoms. The summed E-state index contributed by atoms with van der Waals surface area (Å²) < 4.78 is 78.9. The highest BCUT2D eigenvalue weighted by Gasteiger charge is 2.31. The van der Waals surface area contributed by atoms with Crippen LogP contribution in [0.25, 0.3) is 11.1 Å². The fourth-order valence-corrected chi connectivity index (χ4v) is 4.62. The zero-order chi connectivity index (χ0) is 30.5. The van der Waals surface area contributed by atoms with Gasteiger partial charge in [0.15, 0.2) is 0 Å². The Morgan fingerprint density at radius 1 is 0.756 bits per heavy atom. The Hall–Kier alpha value is -3.49. The first-order valence-corrected chi connectivity index (χ1v) is 13.5. The number of alkyl halides is 6. The van der Waals surface area contributed by atoms with Gasteiger partial charge in [0.05, 0.1) is 17.0 Å². The Morgan fingerprint density at radius 2 is 1.29 bits per heavy atom. The molecule has 3 nitrogen and oxygen atoms in total. The molecule has 0 aliphatic carbocycles. The number of carbonyl (C=O) groups is 1. The van der Waals surface area contributed by atoms with Crippen LogP contribution in [0.1, 0.15) is 68.7 Å². The van der Waals surface area contributed by atoms with Crippen molar-refractivity contribution in [1.29, 1.82) is 0 Å². The number of rotatable bonds is 11. The molecule has 222 valence electrons. The van der Waals surface area contributed by atoms with Gasteiger partial charge in [-0.05, 0) is 83.3 Å². The molecule has 1 unspecified atom stereocenters. The normalized spacial score (nSPS) is 13.1. The van der Waals surface area contributed by atoms with Crippen molar-refractivity contribution in [2.24, 2.45) is 11.8 Å². The second-order valence-corrected chi connectivity index (χ2v) is 11.2. The van der Waals surface area contributed by atoms with Gasteiger partial charge in [-0.25, -0.2) is 0 Å². The minimum Gasteiger partial charge on any atom is -0.481 e. The van der Waals surface area contributed by atoms with Crippen molar-refractivity contribution in [1.82, 2.24) is 0 Å². The van der Waals surface area contributed by atoms with Gasteiger partial charge < -0.3 is 10.0 Å². The molecule has 0 amide bonds. The first-order chi connectivity index (χ1) is 19.0. The summed E-state index contributed by atoms with van der Waals surface area (Å²) in [6, 6.07) is 14.9. The number of halogens is 6. The van der Waals surface area contributed by atoms with Crippen molar-refractivity contribution in [2.45, 2.75) is 65.4 Å². The molecule has 3 aromatic carbocycles. The van der Waals surface area contributed by atoms with E-state index in [4.69, 9.17) is 0 Å². The fourth-order valence-electron chi connectivity index (χ4n) is 4.62. The quantitative estimate of drug-likeness (QED) is 0.230. The number of benzene rings is 3. The average Bonchev–Trinajstić information content (AvgIpc) is 2.88. The number of aliphatic carboxylic acids is 1. The third-order valence-electron chi connectivity index (χ3n) is 6.89. The van der Waals surface area contributed by atoms with Crippen LogP contribution in [-0.4, -0.2) is 17.6 Å². The van der Waals surface area contributed by atoms with Gasteiger partial charge in [-0.1, -0.05) is 58.0 Å². The maximum absolute atomic E-state index is 13.2. The van der Waals surface area contributed by atoms with Gasteiger partial charge in [-0.15, -0.1) is 0 Å². The molecule has 0 bridgehead atoms. The Kier molecular flexibility index (Phi) is 10.2. The molecule has 0 saturated carbocycles. The number of hydrogen-bond acceptors (Lipinski definition) is 2. The molecule has 1 atom stereocenters. The van der Waals surface area contributed by atoms with Crippen molar-refractivity contribution < 1.29 is 36.2 Å². The largest absolute Gasteiger partial charge is 0.481 e. The minimum absolute atomic E-state index is 0.0680. The summed E-state index contributed by atoms with van der Waals surface area (Å²) in [5.74, 6) is -1.47. The summed E-state index contributed by atoms with van der Waals surface area (Å²) in [4.78, 5) is 14.3. The summed E-state index contributed by atoms with van der Waals surface area (Å²) in [5, 5.41) is 10.1. The molecule has 41 heavy (non-hydrogen) atoms. The predicted molar refractivity (Wildman–Crippen MR) is 149 cm³/mol. The van der Waals surface area contributed by atoms with Crippen molar-refractivity contribution in [3.05, 3.63) is 89.0 Å². The lowest BCUT2D eigenvalue weighted by molar-refractivity contribution is -0.139. The number of carboxylic acid groups (broad SMARTS) is 1. The van der Waals surface area contributed by atoms with Gasteiger partial charge in [-0.2, -0.15) is 26.3 Å². The summed E-state index contributed by atoms with van der Waals surface area (Å²) in [7, 11) is 0. The fraction of sp³-hybridized carbons (Fsp3) is 0.406. The van der Waals surface area contributed by atoms with Crippen LogP contribution in [0.15, 0.2) is 66.7 Å². The van der Waals surface area contributed by atoms with Crippen LogP contribution < -0.4 is 4.90 Å². The number of nitrogens with zero attached hydrogens (tertiary/aromatic N) is 1. The van der Waals surface area contributed by atoms with Crippen LogP contribution in [0.3, 0.4) is 0 Å². The lowest BCUT2D eigenvalue weighted by Gasteiger charge is -2.28. The highest BCUT2D eigenvalue weighted by molar-refractivity contribution is 5.79. The minimum atomic E-state index is -4.49. The predicted octanol–water partition coefficient (Wildman–Crippen LogP) is 9.66. The van der Waals surface area contributed by atoms with E-state index in [0.717, 1.165) is 30.7 Å². The topological polar surface area (TPSA) is 40.5 Å². The molecule has 3 rings (SSSR count). The van der Waals surface area contributed by atoms with Crippen LogP contribution >= 0.6 is 0 Å². The monoisotopic (exact) mass is 579 g/mol. The molecule has 9 heteroatoms. The average molecular weight is 580 g/mol. The molecular weight excluding hydrogens is 544 g/mol. The van der Waals surface area contributed by atoms with Crippen molar-refractivity contribution in [2.75, 3.05) is 11.4 Å². The van der Waals surface area contributed by atoms with Crippen molar-refractivity contribution in [3.8, 4) is 11.1 Å². The van der Waals surface area contributed by atoms with Crippen LogP contribution in [0.4, 0.5) is 32.0 Å². The van der Waals surface area contributed by atoms with E-state index in [0.29, 0.717) is 46.8 Å². The van der Waals surface area contributed by atoms with E-state index in [1.807, 2.05) is 32.6 Å². The Labute approximate surface area is 236 Å². The van der Waals surface area contributed by atoms with E-state index < -0.39 is 35.4 Å². The highest BCUT2D eigenvalue weighted by atomic mass is 19.4. The first-order valence-electron chi connectivity index (χ1n) is 13.5. The Bertz CT molecular complexity index is 1300. The summed E-state index contributed by atoms with van der Waals surface area (Å²) >= 11 is 0. The SMILES string of the molecule is CC(C)CCN(Cc1ccc(C(F)(F)F)cc1)c1cc(-c2ccc(C(F)(F)F)cc2)cc(C(CC(C)C)C(=O)O)c1. The van der Waals surface area contributed by atoms with Gasteiger partial charge in [0.1, 0.15) is 0 Å².